The molecular weight excluding hydrogens is 282 g/mol. The summed E-state index contributed by atoms with van der Waals surface area (Å²) in [6.45, 7) is 0.125. The number of nitrogens with one attached hydrogen (secondary N) is 2. The topological polar surface area (TPSA) is 102 Å². The zero-order chi connectivity index (χ0) is 15.0. The second-order valence-corrected chi connectivity index (χ2v) is 4.11. The number of carboxylic acid groups (broad SMARTS) is 1. The Morgan fingerprint density at radius 3 is 2.70 bits per heavy atom. The van der Waals surface area contributed by atoms with Gasteiger partial charge in [0.15, 0.2) is 0 Å². The average molecular weight is 294 g/mol. The van der Waals surface area contributed by atoms with Crippen LogP contribution < -0.4 is 10.6 Å². The number of nitriles is 1. The molecule has 0 atom stereocenters. The fraction of sp³-hybridized carbons (Fsp3) is 0.154. The van der Waals surface area contributed by atoms with Gasteiger partial charge < -0.3 is 15.7 Å². The van der Waals surface area contributed by atoms with Crippen molar-refractivity contribution >= 4 is 29.2 Å². The third kappa shape index (κ3) is 5.00. The predicted molar refractivity (Wildman–Crippen MR) is 74.0 cm³/mol. The van der Waals surface area contributed by atoms with Crippen molar-refractivity contribution in [2.75, 3.05) is 11.9 Å². The summed E-state index contributed by atoms with van der Waals surface area (Å²) in [5.41, 5.74) is 0.223. The first-order valence-corrected chi connectivity index (χ1v) is 6.03. The van der Waals surface area contributed by atoms with E-state index in [0.717, 1.165) is 0 Å². The van der Waals surface area contributed by atoms with Crippen molar-refractivity contribution in [1.29, 1.82) is 5.26 Å². The molecule has 0 radical (unpaired) electrons. The van der Waals surface area contributed by atoms with Crippen LogP contribution in [0.15, 0.2) is 36.0 Å². The van der Waals surface area contributed by atoms with Gasteiger partial charge in [-0.05, 0) is 12.1 Å². The first-order valence-electron chi connectivity index (χ1n) is 5.66. The average Bonchev–Trinajstić information content (AvgIpc) is 2.41. The minimum Gasteiger partial charge on any atom is -0.481 e. The number of carboxylic acids is 1. The highest BCUT2D eigenvalue weighted by Crippen LogP contribution is 2.20. The van der Waals surface area contributed by atoms with Crippen LogP contribution in [0.2, 0.25) is 5.02 Å². The lowest BCUT2D eigenvalue weighted by Gasteiger charge is -2.06. The summed E-state index contributed by atoms with van der Waals surface area (Å²) >= 11 is 5.88. The summed E-state index contributed by atoms with van der Waals surface area (Å²) in [7, 11) is 0. The SMILES string of the molecule is N#C/C(=C/NCCC(=O)O)C(=O)Nc1ccccc1Cl. The molecule has 0 aromatic heterocycles. The standard InChI is InChI=1S/C13H12ClN3O3/c14-10-3-1-2-4-11(10)17-13(20)9(7-15)8-16-6-5-12(18)19/h1-4,8,16H,5-6H2,(H,17,20)(H,18,19)/b9-8-. The Hall–Kier alpha value is -2.52. The molecule has 6 nitrogen and oxygen atoms in total. The Balaban J connectivity index is 2.64. The molecular formula is C13H12ClN3O3. The van der Waals surface area contributed by atoms with Gasteiger partial charge in [0, 0.05) is 12.7 Å². The molecule has 0 heterocycles. The first kappa shape index (κ1) is 15.5. The fourth-order valence-corrected chi connectivity index (χ4v) is 1.44. The first-order chi connectivity index (χ1) is 9.54. The van der Waals surface area contributed by atoms with Gasteiger partial charge in [0.25, 0.3) is 5.91 Å². The molecule has 20 heavy (non-hydrogen) atoms. The van der Waals surface area contributed by atoms with Crippen LogP contribution in [0.25, 0.3) is 0 Å². The monoisotopic (exact) mass is 293 g/mol. The molecule has 0 fully saturated rings. The van der Waals surface area contributed by atoms with Crippen LogP contribution in [-0.2, 0) is 9.59 Å². The number of nitrogens with zero attached hydrogens (tertiary/aromatic N) is 1. The summed E-state index contributed by atoms with van der Waals surface area (Å²) < 4.78 is 0. The summed E-state index contributed by atoms with van der Waals surface area (Å²) in [6, 6.07) is 8.35. The van der Waals surface area contributed by atoms with E-state index >= 15 is 0 Å². The van der Waals surface area contributed by atoms with E-state index in [-0.39, 0.29) is 18.5 Å². The molecule has 0 saturated heterocycles. The summed E-state index contributed by atoms with van der Waals surface area (Å²) in [5.74, 6) is -1.59. The Morgan fingerprint density at radius 1 is 1.40 bits per heavy atom. The second kappa shape index (κ2) is 7.81. The maximum absolute atomic E-state index is 11.8. The number of carbonyl (C=O) groups excluding carboxylic acids is 1. The van der Waals surface area contributed by atoms with Crippen molar-refractivity contribution < 1.29 is 14.7 Å². The van der Waals surface area contributed by atoms with Gasteiger partial charge in [0.2, 0.25) is 0 Å². The van der Waals surface area contributed by atoms with Crippen LogP contribution >= 0.6 is 11.6 Å². The van der Waals surface area contributed by atoms with Gasteiger partial charge in [-0.3, -0.25) is 9.59 Å². The van der Waals surface area contributed by atoms with E-state index in [1.54, 1.807) is 30.3 Å². The highest BCUT2D eigenvalue weighted by atomic mass is 35.5. The zero-order valence-corrected chi connectivity index (χ0v) is 11.1. The third-order valence-electron chi connectivity index (χ3n) is 2.22. The maximum Gasteiger partial charge on any atom is 0.305 e. The lowest BCUT2D eigenvalue weighted by molar-refractivity contribution is -0.136. The number of hydrogen-bond donors (Lipinski definition) is 3. The third-order valence-corrected chi connectivity index (χ3v) is 2.55. The molecule has 1 aromatic rings. The van der Waals surface area contributed by atoms with Crippen molar-refractivity contribution in [3.05, 3.63) is 41.1 Å². The van der Waals surface area contributed by atoms with Gasteiger partial charge in [-0.25, -0.2) is 0 Å². The molecule has 1 rings (SSSR count). The Kier molecular flexibility index (Phi) is 6.07. The van der Waals surface area contributed by atoms with Gasteiger partial charge >= 0.3 is 5.97 Å². The summed E-state index contributed by atoms with van der Waals surface area (Å²) in [5, 5.41) is 22.8. The Bertz CT molecular complexity index is 578. The number of carbonyl (C=O) groups is 2. The van der Waals surface area contributed by atoms with E-state index in [1.807, 2.05) is 0 Å². The van der Waals surface area contributed by atoms with E-state index < -0.39 is 11.9 Å². The number of para-hydroxylation sites is 1. The number of rotatable bonds is 6. The van der Waals surface area contributed by atoms with Crippen molar-refractivity contribution in [2.24, 2.45) is 0 Å². The quantitative estimate of drug-likeness (QED) is 0.421. The number of halogens is 1. The Morgan fingerprint density at radius 2 is 2.10 bits per heavy atom. The zero-order valence-electron chi connectivity index (χ0n) is 10.4. The molecule has 0 aliphatic rings. The molecule has 0 unspecified atom stereocenters. The van der Waals surface area contributed by atoms with Gasteiger partial charge in [-0.15, -0.1) is 0 Å². The van der Waals surface area contributed by atoms with Crippen LogP contribution in [-0.4, -0.2) is 23.5 Å². The molecule has 1 aromatic carbocycles. The largest absolute Gasteiger partial charge is 0.481 e. The second-order valence-electron chi connectivity index (χ2n) is 3.70. The number of aliphatic carboxylic acids is 1. The van der Waals surface area contributed by atoms with Crippen LogP contribution in [0.3, 0.4) is 0 Å². The molecule has 1 amide bonds. The highest BCUT2D eigenvalue weighted by Gasteiger charge is 2.10. The van der Waals surface area contributed by atoms with E-state index in [0.29, 0.717) is 10.7 Å². The molecule has 3 N–H and O–H groups in total. The smallest absolute Gasteiger partial charge is 0.305 e. The number of amides is 1. The fourth-order valence-electron chi connectivity index (χ4n) is 1.25. The van der Waals surface area contributed by atoms with Gasteiger partial charge in [-0.2, -0.15) is 5.26 Å². The van der Waals surface area contributed by atoms with Crippen molar-refractivity contribution in [3.8, 4) is 6.07 Å². The number of benzene rings is 1. The van der Waals surface area contributed by atoms with E-state index in [2.05, 4.69) is 10.6 Å². The van der Waals surface area contributed by atoms with Gasteiger partial charge in [0.05, 0.1) is 17.1 Å². The lowest BCUT2D eigenvalue weighted by Crippen LogP contribution is -2.18. The number of hydrogen-bond acceptors (Lipinski definition) is 4. The van der Waals surface area contributed by atoms with Gasteiger partial charge in [0.1, 0.15) is 11.6 Å². The van der Waals surface area contributed by atoms with Crippen LogP contribution in [0, 0.1) is 11.3 Å². The predicted octanol–water partition coefficient (Wildman–Crippen LogP) is 1.75. The maximum atomic E-state index is 11.8. The molecule has 7 heteroatoms. The molecule has 104 valence electrons. The van der Waals surface area contributed by atoms with Crippen molar-refractivity contribution in [3.63, 3.8) is 0 Å². The minimum atomic E-state index is -0.968. The molecule has 0 aliphatic heterocycles. The molecule has 0 aliphatic carbocycles. The molecule has 0 spiro atoms. The Labute approximate surface area is 120 Å². The highest BCUT2D eigenvalue weighted by molar-refractivity contribution is 6.33. The molecule has 0 saturated carbocycles. The van der Waals surface area contributed by atoms with Crippen LogP contribution in [0.1, 0.15) is 6.42 Å². The lowest BCUT2D eigenvalue weighted by atomic mass is 10.2. The molecule has 0 bridgehead atoms. The minimum absolute atomic E-state index is 0.110. The van der Waals surface area contributed by atoms with Crippen molar-refractivity contribution in [1.82, 2.24) is 5.32 Å². The summed E-state index contributed by atoms with van der Waals surface area (Å²) in [4.78, 5) is 22.1. The summed E-state index contributed by atoms with van der Waals surface area (Å²) in [6.07, 6.45) is 1.07. The number of anilines is 1. The van der Waals surface area contributed by atoms with Crippen molar-refractivity contribution in [2.45, 2.75) is 6.42 Å². The van der Waals surface area contributed by atoms with E-state index in [9.17, 15) is 9.59 Å². The van der Waals surface area contributed by atoms with Crippen LogP contribution in [0.5, 0.6) is 0 Å². The van der Waals surface area contributed by atoms with E-state index in [1.165, 1.54) is 6.20 Å². The van der Waals surface area contributed by atoms with E-state index in [4.69, 9.17) is 22.0 Å². The van der Waals surface area contributed by atoms with Gasteiger partial charge in [-0.1, -0.05) is 23.7 Å². The van der Waals surface area contributed by atoms with Crippen LogP contribution in [0.4, 0.5) is 5.69 Å². The normalized spacial score (nSPS) is 10.5.